The number of aryl methyl sites for hydroxylation is 1. The van der Waals surface area contributed by atoms with E-state index in [4.69, 9.17) is 0 Å². The highest BCUT2D eigenvalue weighted by atomic mass is 79.9. The van der Waals surface area contributed by atoms with Crippen molar-refractivity contribution in [1.82, 2.24) is 4.57 Å². The zero-order valence-electron chi connectivity index (χ0n) is 12.4. The molecule has 0 aliphatic rings. The predicted octanol–water partition coefficient (Wildman–Crippen LogP) is 3.29. The molecule has 1 heterocycles. The minimum atomic E-state index is -0.616. The van der Waals surface area contributed by atoms with Crippen LogP contribution < -0.4 is 10.9 Å². The molecule has 22 heavy (non-hydrogen) atoms. The Kier molecular flexibility index (Phi) is 5.03. The Morgan fingerprint density at radius 2 is 1.95 bits per heavy atom. The molecule has 0 saturated heterocycles. The van der Waals surface area contributed by atoms with Gasteiger partial charge in [-0.2, -0.15) is 0 Å². The molecule has 0 radical (unpaired) electrons. The number of pyridine rings is 1. The molecule has 0 unspecified atom stereocenters. The van der Waals surface area contributed by atoms with Crippen molar-refractivity contribution in [3.8, 4) is 5.75 Å². The zero-order valence-corrected chi connectivity index (χ0v) is 14.0. The second-order valence-electron chi connectivity index (χ2n) is 4.96. The summed E-state index contributed by atoms with van der Waals surface area (Å²) in [4.78, 5) is 24.7. The first-order valence-corrected chi connectivity index (χ1v) is 7.73. The van der Waals surface area contributed by atoms with E-state index >= 15 is 0 Å². The van der Waals surface area contributed by atoms with Crippen molar-refractivity contribution in [3.63, 3.8) is 0 Å². The summed E-state index contributed by atoms with van der Waals surface area (Å²) in [6, 6.07) is 8.41. The van der Waals surface area contributed by atoms with Gasteiger partial charge < -0.3 is 15.0 Å². The van der Waals surface area contributed by atoms with Gasteiger partial charge in [0.05, 0.1) is 0 Å². The average molecular weight is 365 g/mol. The lowest BCUT2D eigenvalue weighted by molar-refractivity contribution is 0.102. The number of amides is 1. The van der Waals surface area contributed by atoms with E-state index in [1.165, 1.54) is 10.6 Å². The highest BCUT2D eigenvalue weighted by Gasteiger charge is 2.19. The molecule has 1 aromatic heterocycles. The standard InChI is InChI=1S/C16H17BrN2O3/c1-3-8-19-10(2)9-13(20)14(16(19)22)15(21)18-12-6-4-11(17)5-7-12/h4-7,9,20H,3,8H2,1-2H3,(H,18,21). The Morgan fingerprint density at radius 3 is 2.55 bits per heavy atom. The maximum absolute atomic E-state index is 12.4. The van der Waals surface area contributed by atoms with Gasteiger partial charge in [-0.05, 0) is 37.6 Å². The summed E-state index contributed by atoms with van der Waals surface area (Å²) in [5.74, 6) is -0.917. The fourth-order valence-corrected chi connectivity index (χ4v) is 2.46. The van der Waals surface area contributed by atoms with Gasteiger partial charge in [0, 0.05) is 28.5 Å². The van der Waals surface area contributed by atoms with Crippen LogP contribution in [0, 0.1) is 6.92 Å². The number of aromatic nitrogens is 1. The van der Waals surface area contributed by atoms with Gasteiger partial charge in [0.1, 0.15) is 11.3 Å². The molecule has 0 atom stereocenters. The number of benzene rings is 1. The molecule has 2 aromatic rings. The van der Waals surface area contributed by atoms with Crippen LogP contribution >= 0.6 is 15.9 Å². The van der Waals surface area contributed by atoms with E-state index < -0.39 is 11.5 Å². The normalized spacial score (nSPS) is 10.5. The van der Waals surface area contributed by atoms with Crippen LogP contribution in [0.5, 0.6) is 5.75 Å². The van der Waals surface area contributed by atoms with Crippen LogP contribution in [0.25, 0.3) is 0 Å². The lowest BCUT2D eigenvalue weighted by Crippen LogP contribution is -2.30. The van der Waals surface area contributed by atoms with Crippen molar-refractivity contribution < 1.29 is 9.90 Å². The van der Waals surface area contributed by atoms with Gasteiger partial charge in [0.2, 0.25) is 0 Å². The van der Waals surface area contributed by atoms with Crippen LogP contribution in [0.15, 0.2) is 39.6 Å². The maximum atomic E-state index is 12.4. The topological polar surface area (TPSA) is 71.3 Å². The fourth-order valence-electron chi connectivity index (χ4n) is 2.19. The smallest absolute Gasteiger partial charge is 0.267 e. The third-order valence-electron chi connectivity index (χ3n) is 3.26. The van der Waals surface area contributed by atoms with Crippen LogP contribution in [-0.4, -0.2) is 15.6 Å². The van der Waals surface area contributed by atoms with Crippen LogP contribution in [0.2, 0.25) is 0 Å². The van der Waals surface area contributed by atoms with Crippen molar-refractivity contribution in [2.24, 2.45) is 0 Å². The number of hydrogen-bond donors (Lipinski definition) is 2. The van der Waals surface area contributed by atoms with E-state index in [0.29, 0.717) is 17.9 Å². The Morgan fingerprint density at radius 1 is 1.32 bits per heavy atom. The van der Waals surface area contributed by atoms with Crippen molar-refractivity contribution in [2.75, 3.05) is 5.32 Å². The first-order valence-electron chi connectivity index (χ1n) is 6.94. The van der Waals surface area contributed by atoms with Gasteiger partial charge >= 0.3 is 0 Å². The molecule has 0 aliphatic heterocycles. The number of rotatable bonds is 4. The molecule has 116 valence electrons. The van der Waals surface area contributed by atoms with Crippen LogP contribution in [0.1, 0.15) is 29.4 Å². The zero-order chi connectivity index (χ0) is 16.3. The van der Waals surface area contributed by atoms with Gasteiger partial charge in [-0.15, -0.1) is 0 Å². The summed E-state index contributed by atoms with van der Waals surface area (Å²) in [6.07, 6.45) is 0.763. The van der Waals surface area contributed by atoms with E-state index in [2.05, 4.69) is 21.2 Å². The number of nitrogens with one attached hydrogen (secondary N) is 1. The van der Waals surface area contributed by atoms with Crippen molar-refractivity contribution in [3.05, 3.63) is 56.4 Å². The molecule has 0 spiro atoms. The summed E-state index contributed by atoms with van der Waals surface area (Å²) in [5.41, 5.74) is 0.468. The predicted molar refractivity (Wildman–Crippen MR) is 89.5 cm³/mol. The lowest BCUT2D eigenvalue weighted by atomic mass is 10.2. The van der Waals surface area contributed by atoms with Gasteiger partial charge in [-0.1, -0.05) is 22.9 Å². The van der Waals surface area contributed by atoms with E-state index in [-0.39, 0.29) is 11.3 Å². The number of halogens is 1. The molecule has 2 rings (SSSR count). The molecular formula is C16H17BrN2O3. The highest BCUT2D eigenvalue weighted by Crippen LogP contribution is 2.18. The Balaban J connectivity index is 2.39. The lowest BCUT2D eigenvalue weighted by Gasteiger charge is -2.13. The first kappa shape index (κ1) is 16.3. The maximum Gasteiger partial charge on any atom is 0.267 e. The number of anilines is 1. The van der Waals surface area contributed by atoms with Gasteiger partial charge in [0.25, 0.3) is 11.5 Å². The second kappa shape index (κ2) is 6.79. The molecular weight excluding hydrogens is 348 g/mol. The van der Waals surface area contributed by atoms with E-state index in [9.17, 15) is 14.7 Å². The third-order valence-corrected chi connectivity index (χ3v) is 3.79. The molecule has 5 nitrogen and oxygen atoms in total. The van der Waals surface area contributed by atoms with Crippen molar-refractivity contribution >= 4 is 27.5 Å². The number of aromatic hydroxyl groups is 1. The largest absolute Gasteiger partial charge is 0.507 e. The van der Waals surface area contributed by atoms with Gasteiger partial charge in [-0.25, -0.2) is 0 Å². The molecule has 1 amide bonds. The molecule has 0 bridgehead atoms. The molecule has 0 aliphatic carbocycles. The Hall–Kier alpha value is -2.08. The third kappa shape index (κ3) is 3.39. The number of carbonyl (C=O) groups excluding carboxylic acids is 1. The van der Waals surface area contributed by atoms with E-state index in [0.717, 1.165) is 10.9 Å². The van der Waals surface area contributed by atoms with Gasteiger partial charge in [0.15, 0.2) is 0 Å². The summed E-state index contributed by atoms with van der Waals surface area (Å²) in [5, 5.41) is 12.6. The first-order chi connectivity index (χ1) is 10.4. The minimum Gasteiger partial charge on any atom is -0.507 e. The van der Waals surface area contributed by atoms with Crippen LogP contribution in [0.4, 0.5) is 5.69 Å². The Bertz CT molecular complexity index is 751. The fraction of sp³-hybridized carbons (Fsp3) is 0.250. The minimum absolute atomic E-state index is 0.234. The van der Waals surface area contributed by atoms with Gasteiger partial charge in [-0.3, -0.25) is 9.59 Å². The number of nitrogens with zero attached hydrogens (tertiary/aromatic N) is 1. The SMILES string of the molecule is CCCn1c(C)cc(O)c(C(=O)Nc2ccc(Br)cc2)c1=O. The number of hydrogen-bond acceptors (Lipinski definition) is 3. The molecule has 1 aromatic carbocycles. The molecule has 6 heteroatoms. The molecule has 0 saturated carbocycles. The van der Waals surface area contributed by atoms with E-state index in [1.807, 2.05) is 6.92 Å². The summed E-state index contributed by atoms with van der Waals surface area (Å²) in [7, 11) is 0. The Labute approximate surface area is 136 Å². The van der Waals surface area contributed by atoms with Crippen LogP contribution in [-0.2, 0) is 6.54 Å². The van der Waals surface area contributed by atoms with Crippen molar-refractivity contribution in [1.29, 1.82) is 0 Å². The second-order valence-corrected chi connectivity index (χ2v) is 5.88. The van der Waals surface area contributed by atoms with Crippen LogP contribution in [0.3, 0.4) is 0 Å². The average Bonchev–Trinajstić information content (AvgIpc) is 2.45. The highest BCUT2D eigenvalue weighted by molar-refractivity contribution is 9.10. The summed E-state index contributed by atoms with van der Waals surface area (Å²) >= 11 is 3.31. The monoisotopic (exact) mass is 364 g/mol. The summed E-state index contributed by atoms with van der Waals surface area (Å²) in [6.45, 7) is 4.18. The quantitative estimate of drug-likeness (QED) is 0.874. The number of carbonyl (C=O) groups is 1. The van der Waals surface area contributed by atoms with Crippen molar-refractivity contribution in [2.45, 2.75) is 26.8 Å². The van der Waals surface area contributed by atoms with E-state index in [1.54, 1.807) is 31.2 Å². The molecule has 2 N–H and O–H groups in total. The summed E-state index contributed by atoms with van der Waals surface area (Å²) < 4.78 is 2.38. The molecule has 0 fully saturated rings.